The van der Waals surface area contributed by atoms with Gasteiger partial charge in [0.15, 0.2) is 0 Å². The van der Waals surface area contributed by atoms with Gasteiger partial charge in [0.25, 0.3) is 0 Å². The van der Waals surface area contributed by atoms with Crippen molar-refractivity contribution in [2.75, 3.05) is 45.3 Å². The van der Waals surface area contributed by atoms with Gasteiger partial charge in [-0.15, -0.1) is 0 Å². The van der Waals surface area contributed by atoms with Crippen LogP contribution >= 0.6 is 0 Å². The lowest BCUT2D eigenvalue weighted by Gasteiger charge is -2.30. The number of methoxy groups -OCH3 is 1. The van der Waals surface area contributed by atoms with Gasteiger partial charge in [0, 0.05) is 32.3 Å². The van der Waals surface area contributed by atoms with Crippen LogP contribution in [0.25, 0.3) is 0 Å². The van der Waals surface area contributed by atoms with Crippen LogP contribution in [-0.2, 0) is 24.3 Å². The standard InChI is InChI=1S/C23H29N3O7S/c1-3-32-23(28)18-6-8-19(9-7-18)34(29,30)26-13-10-17(11-14-26)21(27)25-20-5-4-12-24-22(20)33-16-15-31-2/h4-9,12,17H,3,10-11,13-16H2,1-2H3,(H,25,27). The molecule has 1 aromatic heterocycles. The van der Waals surface area contributed by atoms with Gasteiger partial charge in [0.2, 0.25) is 21.8 Å². The van der Waals surface area contributed by atoms with Crippen molar-refractivity contribution in [3.8, 4) is 5.88 Å². The molecule has 34 heavy (non-hydrogen) atoms. The van der Waals surface area contributed by atoms with Crippen molar-refractivity contribution in [1.82, 2.24) is 9.29 Å². The molecule has 0 unspecified atom stereocenters. The minimum absolute atomic E-state index is 0.0941. The molecule has 1 N–H and O–H groups in total. The zero-order chi connectivity index (χ0) is 24.6. The molecule has 2 heterocycles. The monoisotopic (exact) mass is 491 g/mol. The number of pyridine rings is 1. The lowest BCUT2D eigenvalue weighted by molar-refractivity contribution is -0.120. The second-order valence-electron chi connectivity index (χ2n) is 7.61. The number of amides is 1. The van der Waals surface area contributed by atoms with Crippen LogP contribution in [0, 0.1) is 5.92 Å². The van der Waals surface area contributed by atoms with Crippen molar-refractivity contribution >= 4 is 27.6 Å². The molecule has 0 aliphatic carbocycles. The van der Waals surface area contributed by atoms with E-state index in [4.69, 9.17) is 14.2 Å². The predicted molar refractivity (Wildman–Crippen MR) is 124 cm³/mol. The van der Waals surface area contributed by atoms with E-state index < -0.39 is 16.0 Å². The molecule has 1 fully saturated rings. The molecule has 3 rings (SSSR count). The average Bonchev–Trinajstić information content (AvgIpc) is 2.85. The minimum atomic E-state index is -3.74. The van der Waals surface area contributed by atoms with Crippen molar-refractivity contribution in [3.05, 3.63) is 48.2 Å². The number of hydrogen-bond acceptors (Lipinski definition) is 8. The molecule has 0 spiro atoms. The number of rotatable bonds is 10. The van der Waals surface area contributed by atoms with E-state index in [2.05, 4.69) is 10.3 Å². The van der Waals surface area contributed by atoms with Gasteiger partial charge >= 0.3 is 5.97 Å². The van der Waals surface area contributed by atoms with Crippen molar-refractivity contribution in [2.24, 2.45) is 5.92 Å². The van der Waals surface area contributed by atoms with Crippen LogP contribution in [-0.4, -0.2) is 69.6 Å². The van der Waals surface area contributed by atoms with E-state index in [9.17, 15) is 18.0 Å². The van der Waals surface area contributed by atoms with E-state index in [0.29, 0.717) is 37.6 Å². The fraction of sp³-hybridized carbons (Fsp3) is 0.435. The van der Waals surface area contributed by atoms with Crippen LogP contribution in [0.3, 0.4) is 0 Å². The maximum Gasteiger partial charge on any atom is 0.338 e. The average molecular weight is 492 g/mol. The van der Waals surface area contributed by atoms with Gasteiger partial charge in [0.05, 0.1) is 23.7 Å². The molecule has 1 saturated heterocycles. The summed E-state index contributed by atoms with van der Waals surface area (Å²) in [7, 11) is -2.17. The number of nitrogens with one attached hydrogen (secondary N) is 1. The van der Waals surface area contributed by atoms with Crippen LogP contribution in [0.5, 0.6) is 5.88 Å². The third-order valence-corrected chi connectivity index (χ3v) is 7.30. The summed E-state index contributed by atoms with van der Waals surface area (Å²) in [5.74, 6) is -0.747. The molecule has 0 bridgehead atoms. The number of carbonyl (C=O) groups is 2. The summed E-state index contributed by atoms with van der Waals surface area (Å²) < 4.78 is 42.8. The van der Waals surface area contributed by atoms with Gasteiger partial charge < -0.3 is 19.5 Å². The summed E-state index contributed by atoms with van der Waals surface area (Å²) >= 11 is 0. The number of hydrogen-bond donors (Lipinski definition) is 1. The fourth-order valence-corrected chi connectivity index (χ4v) is 5.01. The molecule has 0 atom stereocenters. The Balaban J connectivity index is 1.58. The van der Waals surface area contributed by atoms with Crippen molar-refractivity contribution in [1.29, 1.82) is 0 Å². The predicted octanol–water partition coefficient (Wildman–Crippen LogP) is 2.32. The second kappa shape index (κ2) is 11.9. The smallest absolute Gasteiger partial charge is 0.338 e. The Labute approximate surface area is 199 Å². The maximum absolute atomic E-state index is 13.0. The molecule has 1 aliphatic heterocycles. The molecule has 1 aromatic carbocycles. The Bertz CT molecular complexity index is 1080. The first kappa shape index (κ1) is 25.6. The molecule has 0 saturated carbocycles. The number of esters is 1. The van der Waals surface area contributed by atoms with Gasteiger partial charge in [-0.25, -0.2) is 18.2 Å². The number of anilines is 1. The Morgan fingerprint density at radius 2 is 1.82 bits per heavy atom. The number of carbonyl (C=O) groups excluding carboxylic acids is 2. The third-order valence-electron chi connectivity index (χ3n) is 5.38. The molecule has 184 valence electrons. The Morgan fingerprint density at radius 3 is 2.47 bits per heavy atom. The highest BCUT2D eigenvalue weighted by molar-refractivity contribution is 7.89. The highest BCUT2D eigenvalue weighted by Crippen LogP contribution is 2.27. The Kier molecular flexibility index (Phi) is 8.97. The fourth-order valence-electron chi connectivity index (χ4n) is 3.54. The second-order valence-corrected chi connectivity index (χ2v) is 9.55. The number of nitrogens with zero attached hydrogens (tertiary/aromatic N) is 2. The lowest BCUT2D eigenvalue weighted by atomic mass is 9.97. The summed E-state index contributed by atoms with van der Waals surface area (Å²) in [6.07, 6.45) is 2.33. The Morgan fingerprint density at radius 1 is 1.12 bits per heavy atom. The number of ether oxygens (including phenoxy) is 3. The van der Waals surface area contributed by atoms with Gasteiger partial charge in [-0.1, -0.05) is 0 Å². The molecular formula is C23H29N3O7S. The minimum Gasteiger partial charge on any atom is -0.474 e. The lowest BCUT2D eigenvalue weighted by Crippen LogP contribution is -2.41. The summed E-state index contributed by atoms with van der Waals surface area (Å²) in [5, 5.41) is 2.84. The summed E-state index contributed by atoms with van der Waals surface area (Å²) in [6, 6.07) is 9.06. The molecular weight excluding hydrogens is 462 g/mol. The van der Waals surface area contributed by atoms with E-state index in [1.54, 1.807) is 32.4 Å². The molecule has 11 heteroatoms. The van der Waals surface area contributed by atoms with E-state index in [1.807, 2.05) is 0 Å². The summed E-state index contributed by atoms with van der Waals surface area (Å²) in [6.45, 7) is 3.06. The quantitative estimate of drug-likeness (QED) is 0.397. The number of piperidine rings is 1. The van der Waals surface area contributed by atoms with E-state index in [0.717, 1.165) is 0 Å². The van der Waals surface area contributed by atoms with Crippen LogP contribution < -0.4 is 10.1 Å². The molecule has 0 radical (unpaired) electrons. The maximum atomic E-state index is 13.0. The number of aromatic nitrogens is 1. The summed E-state index contributed by atoms with van der Waals surface area (Å²) in [4.78, 5) is 28.8. The Hall–Kier alpha value is -3.02. The first-order valence-electron chi connectivity index (χ1n) is 11.0. The molecule has 10 nitrogen and oxygen atoms in total. The van der Waals surface area contributed by atoms with Gasteiger partial charge in [-0.05, 0) is 56.2 Å². The van der Waals surface area contributed by atoms with Crippen LogP contribution in [0.2, 0.25) is 0 Å². The van der Waals surface area contributed by atoms with Gasteiger partial charge in [-0.2, -0.15) is 4.31 Å². The normalized spacial score (nSPS) is 15.0. The van der Waals surface area contributed by atoms with Crippen LogP contribution in [0.1, 0.15) is 30.1 Å². The largest absolute Gasteiger partial charge is 0.474 e. The topological polar surface area (TPSA) is 124 Å². The van der Waals surface area contributed by atoms with E-state index in [1.165, 1.54) is 28.6 Å². The van der Waals surface area contributed by atoms with Crippen LogP contribution in [0.15, 0.2) is 47.5 Å². The zero-order valence-corrected chi connectivity index (χ0v) is 20.0. The van der Waals surface area contributed by atoms with Crippen LogP contribution in [0.4, 0.5) is 5.69 Å². The highest BCUT2D eigenvalue weighted by Gasteiger charge is 2.32. The van der Waals surface area contributed by atoms with E-state index >= 15 is 0 Å². The summed E-state index contributed by atoms with van der Waals surface area (Å²) in [5.41, 5.74) is 0.748. The molecule has 1 aliphatic rings. The van der Waals surface area contributed by atoms with Crippen molar-refractivity contribution < 1.29 is 32.2 Å². The number of sulfonamides is 1. The SMILES string of the molecule is CCOC(=O)c1ccc(S(=O)(=O)N2CCC(C(=O)Nc3cccnc3OCCOC)CC2)cc1. The van der Waals surface area contributed by atoms with Gasteiger partial charge in [0.1, 0.15) is 12.3 Å². The van der Waals surface area contributed by atoms with Gasteiger partial charge in [-0.3, -0.25) is 4.79 Å². The molecule has 1 amide bonds. The first-order valence-corrected chi connectivity index (χ1v) is 12.5. The third kappa shape index (κ3) is 6.31. The molecule has 2 aromatic rings. The van der Waals surface area contributed by atoms with Crippen molar-refractivity contribution in [3.63, 3.8) is 0 Å². The zero-order valence-electron chi connectivity index (χ0n) is 19.2. The number of benzene rings is 1. The first-order chi connectivity index (χ1) is 16.4. The highest BCUT2D eigenvalue weighted by atomic mass is 32.2. The van der Waals surface area contributed by atoms with Crippen molar-refractivity contribution in [2.45, 2.75) is 24.7 Å². The van der Waals surface area contributed by atoms with E-state index in [-0.39, 0.29) is 42.0 Å².